The minimum Gasteiger partial charge on any atom is -0.460 e. The zero-order chi connectivity index (χ0) is 20.0. The molecule has 1 aliphatic carbocycles. The zero-order valence-corrected chi connectivity index (χ0v) is 16.4. The first-order valence-corrected chi connectivity index (χ1v) is 9.94. The summed E-state index contributed by atoms with van der Waals surface area (Å²) in [5, 5.41) is 3.46. The van der Waals surface area contributed by atoms with Crippen molar-refractivity contribution in [3.05, 3.63) is 48.0 Å². The van der Waals surface area contributed by atoms with Crippen molar-refractivity contribution in [2.45, 2.75) is 57.6 Å². The van der Waals surface area contributed by atoms with E-state index in [1.807, 2.05) is 16.7 Å². The van der Waals surface area contributed by atoms with Gasteiger partial charge in [0, 0.05) is 13.3 Å². The fourth-order valence-electron chi connectivity index (χ4n) is 4.35. The second kappa shape index (κ2) is 7.11. The number of rotatable bonds is 4. The number of hydrogen-bond donors (Lipinski definition) is 1. The predicted octanol–water partition coefficient (Wildman–Crippen LogP) is 3.16. The molecular weight excluding hydrogens is 370 g/mol. The summed E-state index contributed by atoms with van der Waals surface area (Å²) < 4.78 is 13.5. The lowest BCUT2D eigenvalue weighted by Gasteiger charge is -2.22. The monoisotopic (exact) mass is 393 g/mol. The molecule has 29 heavy (non-hydrogen) atoms. The maximum Gasteiger partial charge on any atom is 0.302 e. The van der Waals surface area contributed by atoms with E-state index in [0.29, 0.717) is 17.8 Å². The molecule has 4 atom stereocenters. The third-order valence-electron chi connectivity index (χ3n) is 5.67. The second-order valence-electron chi connectivity index (χ2n) is 7.70. The van der Waals surface area contributed by atoms with Gasteiger partial charge in [-0.3, -0.25) is 9.36 Å². The number of nitrogens with zero attached hydrogens (tertiary/aromatic N) is 4. The topological polar surface area (TPSA) is 91.2 Å². The maximum atomic E-state index is 11.6. The first kappa shape index (κ1) is 18.1. The van der Waals surface area contributed by atoms with Gasteiger partial charge in [-0.05, 0) is 30.9 Å². The van der Waals surface area contributed by atoms with Crippen molar-refractivity contribution in [2.24, 2.45) is 0 Å². The molecule has 2 aliphatic rings. The van der Waals surface area contributed by atoms with E-state index in [2.05, 4.69) is 39.3 Å². The van der Waals surface area contributed by atoms with Crippen molar-refractivity contribution in [3.63, 3.8) is 0 Å². The number of esters is 1. The molecule has 1 fully saturated rings. The number of carbonyl (C=O) groups is 1. The third kappa shape index (κ3) is 3.23. The van der Waals surface area contributed by atoms with Crippen molar-refractivity contribution < 1.29 is 14.3 Å². The summed E-state index contributed by atoms with van der Waals surface area (Å²) in [6, 6.07) is 7.92. The van der Waals surface area contributed by atoms with Crippen molar-refractivity contribution in [1.82, 2.24) is 19.5 Å². The van der Waals surface area contributed by atoms with Crippen molar-refractivity contribution in [3.8, 4) is 0 Å². The lowest BCUT2D eigenvalue weighted by atomic mass is 10.1. The Labute approximate surface area is 168 Å². The molecule has 1 aromatic carbocycles. The van der Waals surface area contributed by atoms with Crippen LogP contribution in [0.3, 0.4) is 0 Å². The van der Waals surface area contributed by atoms with Crippen LogP contribution >= 0.6 is 0 Å². The van der Waals surface area contributed by atoms with E-state index in [0.717, 1.165) is 24.1 Å². The second-order valence-corrected chi connectivity index (χ2v) is 7.70. The summed E-state index contributed by atoms with van der Waals surface area (Å²) in [5.74, 6) is 0.331. The molecule has 2 aromatic heterocycles. The quantitative estimate of drug-likeness (QED) is 0.681. The first-order chi connectivity index (χ1) is 14.1. The van der Waals surface area contributed by atoms with E-state index in [9.17, 15) is 4.79 Å². The average molecular weight is 393 g/mol. The lowest BCUT2D eigenvalue weighted by molar-refractivity contribution is -0.146. The highest BCUT2D eigenvalue weighted by molar-refractivity contribution is 5.83. The summed E-state index contributed by atoms with van der Waals surface area (Å²) >= 11 is 0. The number of benzene rings is 1. The van der Waals surface area contributed by atoms with E-state index in [-0.39, 0.29) is 30.4 Å². The fourth-order valence-corrected chi connectivity index (χ4v) is 4.35. The smallest absolute Gasteiger partial charge is 0.302 e. The summed E-state index contributed by atoms with van der Waals surface area (Å²) in [6.45, 7) is 3.51. The number of anilines is 1. The average Bonchev–Trinajstić information content (AvgIpc) is 3.39. The van der Waals surface area contributed by atoms with Gasteiger partial charge in [-0.2, -0.15) is 0 Å². The van der Waals surface area contributed by atoms with Crippen LogP contribution in [0.2, 0.25) is 0 Å². The predicted molar refractivity (Wildman–Crippen MR) is 106 cm³/mol. The Kier molecular flexibility index (Phi) is 4.43. The van der Waals surface area contributed by atoms with Crippen LogP contribution in [-0.4, -0.2) is 37.7 Å². The molecule has 1 aliphatic heterocycles. The van der Waals surface area contributed by atoms with Gasteiger partial charge in [0.25, 0.3) is 0 Å². The molecule has 0 bridgehead atoms. The van der Waals surface area contributed by atoms with Gasteiger partial charge in [0.15, 0.2) is 17.0 Å². The number of ether oxygens (including phenoxy) is 2. The summed E-state index contributed by atoms with van der Waals surface area (Å²) in [4.78, 5) is 25.1. The maximum absolute atomic E-state index is 11.6. The van der Waals surface area contributed by atoms with Gasteiger partial charge in [-0.1, -0.05) is 24.3 Å². The minimum absolute atomic E-state index is 0.0567. The number of carbonyl (C=O) groups excluding carboxylic acids is 1. The molecule has 0 amide bonds. The molecule has 0 saturated carbocycles. The number of hydrogen-bond acceptors (Lipinski definition) is 7. The highest BCUT2D eigenvalue weighted by Gasteiger charge is 2.35. The van der Waals surface area contributed by atoms with E-state index in [4.69, 9.17) is 9.47 Å². The van der Waals surface area contributed by atoms with Crippen LogP contribution in [0.5, 0.6) is 0 Å². The molecule has 5 rings (SSSR count). The standard InChI is InChI=1S/C21H23N5O3/c1-12-7-8-17(28-12)26-11-24-19-20(22-10-23-21(19)26)25-18-15-6-4-3-5-14(15)9-16(18)29-13(2)27/h3-6,10-12,16-18H,7-9H2,1-2H3,(H,22,23,25)/t12-,16+,17-,18-/m1/s1. The number of imidazole rings is 1. The van der Waals surface area contributed by atoms with E-state index < -0.39 is 0 Å². The zero-order valence-electron chi connectivity index (χ0n) is 16.4. The molecule has 150 valence electrons. The van der Waals surface area contributed by atoms with E-state index >= 15 is 0 Å². The molecule has 3 aromatic rings. The van der Waals surface area contributed by atoms with Crippen LogP contribution in [0.25, 0.3) is 11.2 Å². The third-order valence-corrected chi connectivity index (χ3v) is 5.67. The van der Waals surface area contributed by atoms with Gasteiger partial charge < -0.3 is 14.8 Å². The van der Waals surface area contributed by atoms with Gasteiger partial charge >= 0.3 is 5.97 Å². The summed E-state index contributed by atoms with van der Waals surface area (Å²) in [5.41, 5.74) is 3.69. The van der Waals surface area contributed by atoms with Crippen molar-refractivity contribution in [1.29, 1.82) is 0 Å². The fraction of sp³-hybridized carbons (Fsp3) is 0.429. The largest absolute Gasteiger partial charge is 0.460 e. The van der Waals surface area contributed by atoms with Crippen LogP contribution in [0, 0.1) is 0 Å². The Hall–Kier alpha value is -3.00. The Balaban J connectivity index is 1.49. The van der Waals surface area contributed by atoms with Crippen LogP contribution in [0.15, 0.2) is 36.9 Å². The first-order valence-electron chi connectivity index (χ1n) is 9.94. The van der Waals surface area contributed by atoms with E-state index in [1.54, 1.807) is 6.33 Å². The van der Waals surface area contributed by atoms with Crippen LogP contribution in [-0.2, 0) is 20.7 Å². The normalized spacial score (nSPS) is 25.9. The highest BCUT2D eigenvalue weighted by atomic mass is 16.5. The van der Waals surface area contributed by atoms with Gasteiger partial charge in [-0.15, -0.1) is 0 Å². The summed E-state index contributed by atoms with van der Waals surface area (Å²) in [6.07, 6.45) is 5.80. The van der Waals surface area contributed by atoms with Gasteiger partial charge in [0.1, 0.15) is 18.7 Å². The van der Waals surface area contributed by atoms with Crippen molar-refractivity contribution >= 4 is 23.0 Å². The van der Waals surface area contributed by atoms with Crippen molar-refractivity contribution in [2.75, 3.05) is 5.32 Å². The number of aromatic nitrogens is 4. The van der Waals surface area contributed by atoms with Gasteiger partial charge in [0.2, 0.25) is 0 Å². The Morgan fingerprint density at radius 3 is 2.90 bits per heavy atom. The molecule has 8 nitrogen and oxygen atoms in total. The van der Waals surface area contributed by atoms with Crippen LogP contribution < -0.4 is 5.32 Å². The Morgan fingerprint density at radius 2 is 2.10 bits per heavy atom. The number of nitrogens with one attached hydrogen (secondary N) is 1. The van der Waals surface area contributed by atoms with Crippen LogP contribution in [0.4, 0.5) is 5.82 Å². The van der Waals surface area contributed by atoms with Gasteiger partial charge in [-0.25, -0.2) is 15.0 Å². The minimum atomic E-state index is -0.295. The molecule has 1 N–H and O–H groups in total. The molecule has 0 spiro atoms. The molecule has 3 heterocycles. The molecule has 0 unspecified atom stereocenters. The van der Waals surface area contributed by atoms with Crippen LogP contribution in [0.1, 0.15) is 50.1 Å². The molecular formula is C21H23N5O3. The lowest BCUT2D eigenvalue weighted by Crippen LogP contribution is -2.27. The molecule has 8 heteroatoms. The van der Waals surface area contributed by atoms with E-state index in [1.165, 1.54) is 18.8 Å². The molecule has 1 saturated heterocycles. The number of fused-ring (bicyclic) bond motifs is 2. The Morgan fingerprint density at radius 1 is 1.24 bits per heavy atom. The van der Waals surface area contributed by atoms with Gasteiger partial charge in [0.05, 0.1) is 18.5 Å². The SMILES string of the molecule is CC(=O)O[C@H]1Cc2ccccc2[C@H]1Nc1ncnc2c1ncn2[C@H]1CC[C@@H](C)O1. The highest BCUT2D eigenvalue weighted by Crippen LogP contribution is 2.37. The Bertz CT molecular complexity index is 1070. The summed E-state index contributed by atoms with van der Waals surface area (Å²) in [7, 11) is 0. The molecule has 0 radical (unpaired) electrons.